The smallest absolute Gasteiger partial charge is 0.255 e. The van der Waals surface area contributed by atoms with Gasteiger partial charge in [0.05, 0.1) is 16.7 Å². The Balaban J connectivity index is 1.75. The lowest BCUT2D eigenvalue weighted by atomic mass is 9.77. The normalized spacial score (nSPS) is 25.0. The first-order valence-electron chi connectivity index (χ1n) is 8.77. The molecule has 6 heteroatoms. The zero-order valence-corrected chi connectivity index (χ0v) is 15.4. The molecule has 0 aliphatic heterocycles. The third-order valence-electron chi connectivity index (χ3n) is 5.42. The van der Waals surface area contributed by atoms with Gasteiger partial charge >= 0.3 is 0 Å². The summed E-state index contributed by atoms with van der Waals surface area (Å²) in [4.78, 5) is 14.5. The molecule has 1 aromatic carbocycles. The van der Waals surface area contributed by atoms with Gasteiger partial charge in [0.1, 0.15) is 5.75 Å². The summed E-state index contributed by atoms with van der Waals surface area (Å²) in [6, 6.07) is 5.38. The Hall–Kier alpha value is -1.56. The number of halogens is 1. The molecule has 1 saturated carbocycles. The van der Waals surface area contributed by atoms with Crippen LogP contribution in [0.3, 0.4) is 0 Å². The van der Waals surface area contributed by atoms with Gasteiger partial charge < -0.3 is 20.2 Å². The van der Waals surface area contributed by atoms with Crippen LogP contribution in [0.1, 0.15) is 39.0 Å². The van der Waals surface area contributed by atoms with Crippen molar-refractivity contribution in [3.63, 3.8) is 0 Å². The summed E-state index contributed by atoms with van der Waals surface area (Å²) in [5.74, 6) is 0.620. The van der Waals surface area contributed by atoms with Crippen molar-refractivity contribution in [2.45, 2.75) is 56.8 Å². The van der Waals surface area contributed by atoms with Gasteiger partial charge in [-0.2, -0.15) is 0 Å². The molecule has 5 nitrogen and oxygen atoms in total. The number of nitrogens with two attached hydrogens (primary N) is 1. The SMILES string of the molecule is CCC(N)[C@]1(OC)CC[C@@H](Oc2cc3cc[nH]c(=O)c3cc2Cl)CC1. The molecule has 25 heavy (non-hydrogen) atoms. The Morgan fingerprint density at radius 1 is 1.40 bits per heavy atom. The molecule has 0 saturated heterocycles. The van der Waals surface area contributed by atoms with Crippen LogP contribution >= 0.6 is 11.6 Å². The van der Waals surface area contributed by atoms with E-state index in [9.17, 15) is 4.79 Å². The van der Waals surface area contributed by atoms with E-state index in [-0.39, 0.29) is 23.3 Å². The predicted octanol–water partition coefficient (Wildman–Crippen LogP) is 3.63. The van der Waals surface area contributed by atoms with Crippen LogP contribution in [-0.2, 0) is 4.74 Å². The van der Waals surface area contributed by atoms with Gasteiger partial charge in [-0.05, 0) is 55.7 Å². The van der Waals surface area contributed by atoms with E-state index in [2.05, 4.69) is 11.9 Å². The van der Waals surface area contributed by atoms with Gasteiger partial charge in [0.25, 0.3) is 5.56 Å². The highest BCUT2D eigenvalue weighted by Crippen LogP contribution is 2.37. The van der Waals surface area contributed by atoms with Gasteiger partial charge in [-0.3, -0.25) is 4.79 Å². The van der Waals surface area contributed by atoms with E-state index < -0.39 is 0 Å². The van der Waals surface area contributed by atoms with E-state index in [1.165, 1.54) is 0 Å². The van der Waals surface area contributed by atoms with Crippen molar-refractivity contribution in [2.24, 2.45) is 5.73 Å². The summed E-state index contributed by atoms with van der Waals surface area (Å²) in [6.45, 7) is 2.09. The van der Waals surface area contributed by atoms with E-state index in [1.54, 1.807) is 19.4 Å². The highest BCUT2D eigenvalue weighted by atomic mass is 35.5. The Morgan fingerprint density at radius 3 is 2.76 bits per heavy atom. The van der Waals surface area contributed by atoms with Crippen molar-refractivity contribution in [2.75, 3.05) is 7.11 Å². The van der Waals surface area contributed by atoms with Crippen molar-refractivity contribution < 1.29 is 9.47 Å². The molecule has 1 fully saturated rings. The number of aromatic amines is 1. The molecule has 3 rings (SSSR count). The molecule has 0 bridgehead atoms. The highest BCUT2D eigenvalue weighted by Gasteiger charge is 2.40. The minimum absolute atomic E-state index is 0.0365. The Bertz CT molecular complexity index is 797. The number of pyridine rings is 1. The average molecular weight is 365 g/mol. The van der Waals surface area contributed by atoms with Crippen LogP contribution in [0.25, 0.3) is 10.8 Å². The number of fused-ring (bicyclic) bond motifs is 1. The Labute approximate surface area is 152 Å². The number of aromatic nitrogens is 1. The molecular weight excluding hydrogens is 340 g/mol. The van der Waals surface area contributed by atoms with Crippen molar-refractivity contribution >= 4 is 22.4 Å². The van der Waals surface area contributed by atoms with Gasteiger partial charge in [0, 0.05) is 24.7 Å². The minimum atomic E-state index is -0.255. The van der Waals surface area contributed by atoms with Crippen LogP contribution in [0.2, 0.25) is 5.02 Å². The quantitative estimate of drug-likeness (QED) is 0.849. The number of rotatable bonds is 5. The van der Waals surface area contributed by atoms with E-state index in [0.717, 1.165) is 37.5 Å². The molecular formula is C19H25ClN2O3. The van der Waals surface area contributed by atoms with Gasteiger partial charge in [-0.25, -0.2) is 0 Å². The van der Waals surface area contributed by atoms with Crippen molar-refractivity contribution in [3.05, 3.63) is 39.8 Å². The maximum atomic E-state index is 11.8. The van der Waals surface area contributed by atoms with Crippen LogP contribution < -0.4 is 16.0 Å². The lowest BCUT2D eigenvalue weighted by molar-refractivity contribution is -0.0768. The van der Waals surface area contributed by atoms with Crippen LogP contribution in [0.5, 0.6) is 5.75 Å². The van der Waals surface area contributed by atoms with Gasteiger partial charge in [-0.1, -0.05) is 18.5 Å². The molecule has 1 aromatic heterocycles. The molecule has 0 spiro atoms. The zero-order valence-electron chi connectivity index (χ0n) is 14.7. The third kappa shape index (κ3) is 3.54. The topological polar surface area (TPSA) is 77.3 Å². The van der Waals surface area contributed by atoms with E-state index in [4.69, 9.17) is 26.8 Å². The first-order valence-corrected chi connectivity index (χ1v) is 9.15. The maximum absolute atomic E-state index is 11.8. The summed E-state index contributed by atoms with van der Waals surface area (Å²) in [5, 5.41) is 1.84. The predicted molar refractivity (Wildman–Crippen MR) is 100 cm³/mol. The molecule has 1 aliphatic carbocycles. The summed E-state index contributed by atoms with van der Waals surface area (Å²) in [6.07, 6.45) is 6.06. The molecule has 0 radical (unpaired) electrons. The van der Waals surface area contributed by atoms with Crippen LogP contribution in [0, 0.1) is 0 Å². The second kappa shape index (κ2) is 7.36. The number of methoxy groups -OCH3 is 1. The summed E-state index contributed by atoms with van der Waals surface area (Å²) in [7, 11) is 1.74. The number of H-pyrrole nitrogens is 1. The summed E-state index contributed by atoms with van der Waals surface area (Å²) < 4.78 is 11.9. The van der Waals surface area contributed by atoms with Gasteiger partial charge in [0.15, 0.2) is 0 Å². The van der Waals surface area contributed by atoms with Gasteiger partial charge in [-0.15, -0.1) is 0 Å². The molecule has 1 atom stereocenters. The minimum Gasteiger partial charge on any atom is -0.489 e. The number of nitrogens with one attached hydrogen (secondary N) is 1. The van der Waals surface area contributed by atoms with E-state index in [1.807, 2.05) is 12.1 Å². The summed E-state index contributed by atoms with van der Waals surface area (Å²) >= 11 is 6.33. The summed E-state index contributed by atoms with van der Waals surface area (Å²) in [5.41, 5.74) is 5.87. The van der Waals surface area contributed by atoms with Crippen LogP contribution in [0.15, 0.2) is 29.2 Å². The van der Waals surface area contributed by atoms with Gasteiger partial charge in [0.2, 0.25) is 0 Å². The zero-order chi connectivity index (χ0) is 18.0. The molecule has 1 unspecified atom stereocenters. The number of ether oxygens (including phenoxy) is 2. The fourth-order valence-corrected chi connectivity index (χ4v) is 3.96. The van der Waals surface area contributed by atoms with Crippen molar-refractivity contribution in [1.29, 1.82) is 0 Å². The maximum Gasteiger partial charge on any atom is 0.255 e. The highest BCUT2D eigenvalue weighted by molar-refractivity contribution is 6.32. The Kier molecular flexibility index (Phi) is 5.37. The lowest BCUT2D eigenvalue weighted by Gasteiger charge is -2.42. The van der Waals surface area contributed by atoms with Crippen LogP contribution in [-0.4, -0.2) is 29.8 Å². The molecule has 2 aromatic rings. The van der Waals surface area contributed by atoms with E-state index >= 15 is 0 Å². The molecule has 136 valence electrons. The lowest BCUT2D eigenvalue weighted by Crippen LogP contribution is -2.52. The number of hydrogen-bond acceptors (Lipinski definition) is 4. The van der Waals surface area contributed by atoms with Crippen molar-refractivity contribution in [1.82, 2.24) is 4.98 Å². The molecule has 3 N–H and O–H groups in total. The molecule has 0 amide bonds. The average Bonchev–Trinajstić information content (AvgIpc) is 2.63. The second-order valence-electron chi connectivity index (χ2n) is 6.78. The monoisotopic (exact) mass is 364 g/mol. The van der Waals surface area contributed by atoms with E-state index in [0.29, 0.717) is 16.2 Å². The first kappa shape index (κ1) is 18.2. The second-order valence-corrected chi connectivity index (χ2v) is 7.18. The third-order valence-corrected chi connectivity index (χ3v) is 5.72. The Morgan fingerprint density at radius 2 is 2.12 bits per heavy atom. The number of benzene rings is 1. The first-order chi connectivity index (χ1) is 12.0. The number of hydrogen-bond donors (Lipinski definition) is 2. The standard InChI is InChI=1S/C19H25ClN2O3/c1-3-17(21)19(24-2)7-4-13(5-8-19)25-16-10-12-6-9-22-18(23)14(12)11-15(16)20/h6,9-11,13,17H,3-5,7-8,21H2,1-2H3,(H,22,23)/t13-,17?,19+. The van der Waals surface area contributed by atoms with Crippen molar-refractivity contribution in [3.8, 4) is 5.75 Å². The fraction of sp³-hybridized carbons (Fsp3) is 0.526. The fourth-order valence-electron chi connectivity index (χ4n) is 3.75. The molecule has 1 heterocycles. The largest absolute Gasteiger partial charge is 0.489 e. The molecule has 1 aliphatic rings. The van der Waals surface area contributed by atoms with Crippen LogP contribution in [0.4, 0.5) is 0 Å².